The standard InChI is InChI=1S/C71H87N15O11/c1-47(67(2,3)4)49-18-24-53(25-19-49)72-61(88)36-84-32-57(76-80-84)40-95-44-71(43-94-39-56-31-83(79-75-56)35-60(87)30-48-14-16-50(17-15-48)64(91)68(5,6)7,45-96-41-58-33-85(81-77-58)37-62(89)73-54-26-20-51(21-27-54)65(92)69(8,9)10)46-97-42-59-34-86(82-78-59)38-63(90)74-55-28-22-52(23-29-55)66(93)70(11,12)13/h14-29,31-34H,1,30,35-46H2,2-13H3,(H,72,88)(H,73,89)(H,74,90). The van der Waals surface area contributed by atoms with Gasteiger partial charge in [-0.2, -0.15) is 0 Å². The van der Waals surface area contributed by atoms with Crippen LogP contribution in [-0.4, -0.2) is 127 Å². The summed E-state index contributed by atoms with van der Waals surface area (Å²) in [6.07, 6.45) is 6.49. The van der Waals surface area contributed by atoms with Crippen LogP contribution in [0.2, 0.25) is 0 Å². The molecular weight excluding hydrogens is 1240 g/mol. The Bertz CT molecular complexity index is 3520. The number of amides is 3. The zero-order valence-corrected chi connectivity index (χ0v) is 57.3. The van der Waals surface area contributed by atoms with E-state index in [4.69, 9.17) is 18.9 Å². The van der Waals surface area contributed by atoms with Crippen molar-refractivity contribution in [1.82, 2.24) is 60.0 Å². The number of carbonyl (C=O) groups is 7. The van der Waals surface area contributed by atoms with Crippen molar-refractivity contribution >= 4 is 63.5 Å². The van der Waals surface area contributed by atoms with Crippen LogP contribution in [0.4, 0.5) is 17.1 Å². The molecule has 0 fully saturated rings. The van der Waals surface area contributed by atoms with E-state index in [0.29, 0.717) is 56.5 Å². The molecule has 97 heavy (non-hydrogen) atoms. The number of anilines is 3. The van der Waals surface area contributed by atoms with E-state index in [2.05, 4.69) is 84.5 Å². The van der Waals surface area contributed by atoms with Crippen LogP contribution in [0.25, 0.3) is 5.57 Å². The topological polar surface area (TPSA) is 315 Å². The predicted molar refractivity (Wildman–Crippen MR) is 361 cm³/mol. The fourth-order valence-electron chi connectivity index (χ4n) is 9.84. The molecule has 512 valence electrons. The van der Waals surface area contributed by atoms with Crippen molar-refractivity contribution in [2.45, 2.75) is 142 Å². The number of hydrogen-bond donors (Lipinski definition) is 3. The fourth-order valence-corrected chi connectivity index (χ4v) is 9.84. The van der Waals surface area contributed by atoms with Gasteiger partial charge < -0.3 is 34.9 Å². The molecule has 4 heterocycles. The minimum absolute atomic E-state index is 0.00453. The van der Waals surface area contributed by atoms with Gasteiger partial charge in [-0.15, -0.1) is 20.4 Å². The highest BCUT2D eigenvalue weighted by molar-refractivity contribution is 6.02. The third-order valence-corrected chi connectivity index (χ3v) is 15.2. The highest BCUT2D eigenvalue weighted by Gasteiger charge is 2.34. The molecule has 26 nitrogen and oxygen atoms in total. The molecule has 0 saturated heterocycles. The summed E-state index contributed by atoms with van der Waals surface area (Å²) in [4.78, 5) is 91.3. The van der Waals surface area contributed by atoms with Crippen LogP contribution in [0, 0.1) is 27.1 Å². The number of rotatable bonds is 33. The first kappa shape index (κ1) is 72.9. The van der Waals surface area contributed by atoms with Crippen molar-refractivity contribution in [2.75, 3.05) is 42.4 Å². The van der Waals surface area contributed by atoms with E-state index in [-0.39, 0.29) is 132 Å². The summed E-state index contributed by atoms with van der Waals surface area (Å²) in [7, 11) is 0. The van der Waals surface area contributed by atoms with Crippen LogP contribution in [0.3, 0.4) is 0 Å². The van der Waals surface area contributed by atoms with Gasteiger partial charge in [0.1, 0.15) is 49.0 Å². The van der Waals surface area contributed by atoms with Crippen molar-refractivity contribution < 1.29 is 52.5 Å². The molecule has 0 radical (unpaired) electrons. The monoisotopic (exact) mass is 1330 g/mol. The number of ketones is 4. The lowest BCUT2D eigenvalue weighted by atomic mass is 9.83. The maximum Gasteiger partial charge on any atom is 0.246 e. The van der Waals surface area contributed by atoms with Gasteiger partial charge in [-0.05, 0) is 82.8 Å². The third kappa shape index (κ3) is 22.1. The zero-order valence-electron chi connectivity index (χ0n) is 57.3. The highest BCUT2D eigenvalue weighted by Crippen LogP contribution is 2.33. The number of allylic oxidation sites excluding steroid dienone is 1. The van der Waals surface area contributed by atoms with Gasteiger partial charge in [-0.1, -0.05) is 147 Å². The van der Waals surface area contributed by atoms with E-state index < -0.39 is 21.7 Å². The van der Waals surface area contributed by atoms with Crippen LogP contribution in [0.5, 0.6) is 0 Å². The van der Waals surface area contributed by atoms with Gasteiger partial charge in [0.2, 0.25) is 17.7 Å². The minimum Gasteiger partial charge on any atom is -0.374 e. The maximum absolute atomic E-state index is 13.3. The first-order valence-corrected chi connectivity index (χ1v) is 31.8. The smallest absolute Gasteiger partial charge is 0.246 e. The second kappa shape index (κ2) is 31.8. The molecular formula is C71H87N15O11. The van der Waals surface area contributed by atoms with Crippen LogP contribution < -0.4 is 16.0 Å². The van der Waals surface area contributed by atoms with Gasteiger partial charge in [-0.3, -0.25) is 33.6 Å². The predicted octanol–water partition coefficient (Wildman–Crippen LogP) is 9.68. The molecule has 0 aliphatic carbocycles. The molecule has 26 heteroatoms. The molecule has 0 bridgehead atoms. The third-order valence-electron chi connectivity index (χ3n) is 15.2. The average molecular weight is 1330 g/mol. The van der Waals surface area contributed by atoms with E-state index in [9.17, 15) is 33.6 Å². The maximum atomic E-state index is 13.3. The summed E-state index contributed by atoms with van der Waals surface area (Å²) in [5.74, 6) is -1.26. The summed E-state index contributed by atoms with van der Waals surface area (Å²) in [6.45, 7) is 26.0. The molecule has 0 aliphatic heterocycles. The first-order valence-electron chi connectivity index (χ1n) is 31.8. The van der Waals surface area contributed by atoms with E-state index >= 15 is 0 Å². The summed E-state index contributed by atoms with van der Waals surface area (Å²) >= 11 is 0. The van der Waals surface area contributed by atoms with Crippen LogP contribution >= 0.6 is 0 Å². The number of benzene rings is 4. The number of nitrogens with one attached hydrogen (secondary N) is 3. The van der Waals surface area contributed by atoms with Crippen molar-refractivity contribution in [3.8, 4) is 0 Å². The Balaban J connectivity index is 0.960. The summed E-state index contributed by atoms with van der Waals surface area (Å²) < 4.78 is 31.2. The average Bonchev–Trinajstić information content (AvgIpc) is 1.86. The first-order chi connectivity index (χ1) is 45.7. The lowest BCUT2D eigenvalue weighted by Crippen LogP contribution is -2.41. The fraction of sp³-hybridized carbons (Fsp3) is 0.423. The minimum atomic E-state index is -1.13. The van der Waals surface area contributed by atoms with Gasteiger partial charge in [0.05, 0.1) is 83.1 Å². The van der Waals surface area contributed by atoms with Crippen LogP contribution in [0.1, 0.15) is 148 Å². The number of aromatic nitrogens is 12. The SMILES string of the molecule is C=C(c1ccc(NC(=O)Cn2cc(COCC(COCc3cn(CC(=O)Cc4ccc(C(=O)C(C)(C)C)cc4)nn3)(COCc3cn(CC(=O)Nc4ccc(C(=O)C(C)(C)C)cc4)nn3)COCc3cn(CC(=O)Nc4ccc(C(=O)C(C)(C)C)cc4)nn3)nn2)cc1)C(C)(C)C. The normalized spacial score (nSPS) is 12.1. The largest absolute Gasteiger partial charge is 0.374 e. The molecule has 4 aromatic heterocycles. The number of hydrogen-bond acceptors (Lipinski definition) is 19. The molecule has 8 rings (SSSR count). The molecule has 8 aromatic rings. The Morgan fingerprint density at radius 2 is 0.639 bits per heavy atom. The summed E-state index contributed by atoms with van der Waals surface area (Å²) in [5.41, 5.74) is 4.64. The summed E-state index contributed by atoms with van der Waals surface area (Å²) in [5, 5.41) is 42.4. The number of nitrogens with zero attached hydrogens (tertiary/aromatic N) is 12. The summed E-state index contributed by atoms with van der Waals surface area (Å²) in [6, 6.07) is 27.9. The van der Waals surface area contributed by atoms with Gasteiger partial charge in [0.15, 0.2) is 23.1 Å². The molecule has 3 amide bonds. The lowest BCUT2D eigenvalue weighted by Gasteiger charge is -2.32. The van der Waals surface area contributed by atoms with Crippen molar-refractivity contribution in [1.29, 1.82) is 0 Å². The van der Waals surface area contributed by atoms with Gasteiger partial charge in [-0.25, -0.2) is 18.7 Å². The Kier molecular flexibility index (Phi) is 23.9. The molecule has 3 N–H and O–H groups in total. The number of Topliss-reactive ketones (excluding diaryl/α,β-unsaturated/α-hetero) is 4. The molecule has 4 aromatic carbocycles. The van der Waals surface area contributed by atoms with Gasteiger partial charge in [0.25, 0.3) is 0 Å². The highest BCUT2D eigenvalue weighted by atomic mass is 16.5. The Hall–Kier alpha value is -9.89. The number of ether oxygens (including phenoxy) is 4. The quantitative estimate of drug-likeness (QED) is 0.0322. The van der Waals surface area contributed by atoms with Crippen LogP contribution in [0.15, 0.2) is 128 Å². The van der Waals surface area contributed by atoms with E-state index in [1.54, 1.807) is 97.6 Å². The molecule has 0 saturated carbocycles. The van der Waals surface area contributed by atoms with Crippen molar-refractivity contribution in [2.24, 2.45) is 27.1 Å². The van der Waals surface area contributed by atoms with Gasteiger partial charge >= 0.3 is 0 Å². The second-order valence-electron chi connectivity index (χ2n) is 28.4. The van der Waals surface area contributed by atoms with Crippen LogP contribution in [-0.2, 0) is 97.2 Å². The molecule has 0 aliphatic rings. The van der Waals surface area contributed by atoms with Gasteiger partial charge in [0, 0.05) is 56.4 Å². The van der Waals surface area contributed by atoms with E-state index in [1.807, 2.05) is 86.6 Å². The van der Waals surface area contributed by atoms with E-state index in [0.717, 1.165) is 16.7 Å². The van der Waals surface area contributed by atoms with Crippen molar-refractivity contribution in [3.63, 3.8) is 0 Å². The van der Waals surface area contributed by atoms with Crippen molar-refractivity contribution in [3.05, 3.63) is 179 Å². The number of carbonyl (C=O) groups excluding carboxylic acids is 7. The second-order valence-corrected chi connectivity index (χ2v) is 28.4. The zero-order chi connectivity index (χ0) is 70.3. The Morgan fingerprint density at radius 1 is 0.371 bits per heavy atom. The molecule has 0 unspecified atom stereocenters. The lowest BCUT2D eigenvalue weighted by molar-refractivity contribution is -0.119. The van der Waals surface area contributed by atoms with E-state index in [1.165, 1.54) is 18.7 Å². The Morgan fingerprint density at radius 3 is 0.918 bits per heavy atom. The molecule has 0 spiro atoms. The molecule has 0 atom stereocenters. The Labute approximate surface area is 564 Å².